The smallest absolute Gasteiger partial charge is 0.0351 e. The average molecular weight is 489 g/mol. The maximum Gasteiger partial charge on any atom is -0.0351 e. The van der Waals surface area contributed by atoms with Crippen LogP contribution < -0.4 is 0 Å². The van der Waals surface area contributed by atoms with Crippen molar-refractivity contribution in [3.8, 4) is 0 Å². The zero-order valence-corrected chi connectivity index (χ0v) is 24.8. The Labute approximate surface area is 224 Å². The minimum absolute atomic E-state index is 1.28. The maximum absolute atomic E-state index is 2.46. The van der Waals surface area contributed by atoms with Gasteiger partial charge in [-0.2, -0.15) is 0 Å². The normalized spacial score (nSPS) is 11.9. The molecule has 0 aromatic carbocycles. The lowest BCUT2D eigenvalue weighted by Gasteiger charge is -2.03. The first kappa shape index (κ1) is 34.5. The van der Waals surface area contributed by atoms with E-state index in [2.05, 4.69) is 38.2 Å². The van der Waals surface area contributed by atoms with Gasteiger partial charge in [-0.15, -0.1) is 0 Å². The highest BCUT2D eigenvalue weighted by Crippen LogP contribution is 2.14. The summed E-state index contributed by atoms with van der Waals surface area (Å²) in [5.74, 6) is 0. The van der Waals surface area contributed by atoms with Gasteiger partial charge in [0.15, 0.2) is 0 Å². The van der Waals surface area contributed by atoms with Gasteiger partial charge in [-0.3, -0.25) is 0 Å². The van der Waals surface area contributed by atoms with Crippen molar-refractivity contribution in [2.75, 3.05) is 0 Å². The molecule has 0 N–H and O–H groups in total. The van der Waals surface area contributed by atoms with Crippen molar-refractivity contribution in [1.82, 2.24) is 0 Å². The largest absolute Gasteiger partial charge is 0.0885 e. The molecule has 0 unspecified atom stereocenters. The van der Waals surface area contributed by atoms with Gasteiger partial charge >= 0.3 is 0 Å². The Morgan fingerprint density at radius 3 is 0.686 bits per heavy atom. The first-order chi connectivity index (χ1) is 17.4. The Kier molecular flexibility index (Phi) is 33.0. The van der Waals surface area contributed by atoms with Crippen LogP contribution in [0.3, 0.4) is 0 Å². The minimum atomic E-state index is 1.28. The highest BCUT2D eigenvalue weighted by Gasteiger charge is 1.95. The lowest BCUT2D eigenvalue weighted by atomic mass is 10.0. The molecule has 0 radical (unpaired) electrons. The Balaban J connectivity index is 3.09. The zero-order chi connectivity index (χ0) is 25.3. The number of rotatable bonds is 30. The van der Waals surface area contributed by atoms with Gasteiger partial charge in [0.25, 0.3) is 0 Å². The van der Waals surface area contributed by atoms with Gasteiger partial charge in [0, 0.05) is 0 Å². The third kappa shape index (κ3) is 33.5. The molecule has 0 saturated heterocycles. The third-order valence-electron chi connectivity index (χ3n) is 7.52. The molecule has 0 aliphatic carbocycles. The summed E-state index contributed by atoms with van der Waals surface area (Å²) in [6, 6.07) is 0. The molecule has 35 heavy (non-hydrogen) atoms. The quantitative estimate of drug-likeness (QED) is 0.0696. The van der Waals surface area contributed by atoms with Crippen LogP contribution in [0.25, 0.3) is 0 Å². The molecule has 0 aliphatic heterocycles. The fourth-order valence-corrected chi connectivity index (χ4v) is 5.01. The Bertz CT molecular complexity index is 404. The predicted octanol–water partition coefficient (Wildman–Crippen LogP) is 13.5. The van der Waals surface area contributed by atoms with E-state index in [0.717, 1.165) is 0 Å². The first-order valence-corrected chi connectivity index (χ1v) is 16.7. The van der Waals surface area contributed by atoms with E-state index in [1.807, 2.05) is 0 Å². The highest BCUT2D eigenvalue weighted by molar-refractivity contribution is 4.81. The van der Waals surface area contributed by atoms with Crippen molar-refractivity contribution in [1.29, 1.82) is 0 Å². The van der Waals surface area contributed by atoms with E-state index < -0.39 is 0 Å². The van der Waals surface area contributed by atoms with Gasteiger partial charge in [0.05, 0.1) is 0 Å². The average Bonchev–Trinajstić information content (AvgIpc) is 2.87. The lowest BCUT2D eigenvalue weighted by molar-refractivity contribution is 0.542. The Morgan fingerprint density at radius 1 is 0.229 bits per heavy atom. The predicted molar refractivity (Wildman–Crippen MR) is 164 cm³/mol. The van der Waals surface area contributed by atoms with Gasteiger partial charge in [-0.1, -0.05) is 179 Å². The minimum Gasteiger partial charge on any atom is -0.0885 e. The number of hydrogen-bond acceptors (Lipinski definition) is 0. The molecular formula is C35H68. The van der Waals surface area contributed by atoms with E-state index in [9.17, 15) is 0 Å². The molecule has 0 heterocycles. The molecule has 0 bridgehead atoms. The fourth-order valence-electron chi connectivity index (χ4n) is 5.01. The van der Waals surface area contributed by atoms with Gasteiger partial charge in [0.2, 0.25) is 0 Å². The summed E-state index contributed by atoms with van der Waals surface area (Å²) in [5, 5.41) is 0. The second-order valence-corrected chi connectivity index (χ2v) is 11.2. The summed E-state index contributed by atoms with van der Waals surface area (Å²) < 4.78 is 0. The van der Waals surface area contributed by atoms with Crippen molar-refractivity contribution in [2.24, 2.45) is 0 Å². The molecule has 0 aromatic heterocycles. The van der Waals surface area contributed by atoms with Crippen LogP contribution in [-0.4, -0.2) is 0 Å². The SMILES string of the molecule is CCCCC=CCCCCCCCCCCCCCCC=CCCCCCCCCCCCCC. The molecule has 0 rings (SSSR count). The van der Waals surface area contributed by atoms with Crippen LogP contribution in [0.5, 0.6) is 0 Å². The molecule has 0 spiro atoms. The Morgan fingerprint density at radius 2 is 0.429 bits per heavy atom. The molecular weight excluding hydrogens is 420 g/mol. The molecule has 0 aliphatic rings. The van der Waals surface area contributed by atoms with Gasteiger partial charge in [0.1, 0.15) is 0 Å². The molecule has 208 valence electrons. The van der Waals surface area contributed by atoms with E-state index >= 15 is 0 Å². The molecule has 0 saturated carbocycles. The zero-order valence-electron chi connectivity index (χ0n) is 24.8. The summed E-state index contributed by atoms with van der Waals surface area (Å²) >= 11 is 0. The lowest BCUT2D eigenvalue weighted by Crippen LogP contribution is -1.83. The van der Waals surface area contributed by atoms with Crippen molar-refractivity contribution >= 4 is 0 Å². The van der Waals surface area contributed by atoms with Crippen molar-refractivity contribution in [2.45, 2.75) is 200 Å². The maximum atomic E-state index is 2.46. The van der Waals surface area contributed by atoms with E-state index in [1.165, 1.54) is 186 Å². The summed E-state index contributed by atoms with van der Waals surface area (Å²) in [6.45, 7) is 4.57. The van der Waals surface area contributed by atoms with Crippen LogP contribution in [0, 0.1) is 0 Å². The molecule has 0 heteroatoms. The summed E-state index contributed by atoms with van der Waals surface area (Å²) in [6.07, 6.45) is 50.9. The van der Waals surface area contributed by atoms with Crippen LogP contribution in [-0.2, 0) is 0 Å². The van der Waals surface area contributed by atoms with E-state index in [-0.39, 0.29) is 0 Å². The standard InChI is InChI=1S/C35H68/c1-3-5-7-9-11-13-15-17-19-21-23-25-27-29-31-33-35-34-32-30-28-26-24-22-20-18-16-14-12-10-8-6-4-2/h9,11,28,30H,3-8,10,12-27,29,31-35H2,1-2H3. The van der Waals surface area contributed by atoms with Gasteiger partial charge < -0.3 is 0 Å². The highest BCUT2D eigenvalue weighted by atomic mass is 14.0. The molecule has 0 nitrogen and oxygen atoms in total. The fraction of sp³-hybridized carbons (Fsp3) is 0.886. The molecule has 0 fully saturated rings. The number of unbranched alkanes of at least 4 members (excludes halogenated alkanes) is 26. The van der Waals surface area contributed by atoms with Crippen LogP contribution in [0.4, 0.5) is 0 Å². The topological polar surface area (TPSA) is 0 Å². The number of hydrogen-bond donors (Lipinski definition) is 0. The van der Waals surface area contributed by atoms with E-state index in [0.29, 0.717) is 0 Å². The van der Waals surface area contributed by atoms with Gasteiger partial charge in [-0.05, 0) is 44.9 Å². The van der Waals surface area contributed by atoms with Crippen LogP contribution in [0.15, 0.2) is 24.3 Å². The van der Waals surface area contributed by atoms with Crippen molar-refractivity contribution in [3.63, 3.8) is 0 Å². The summed E-state index contributed by atoms with van der Waals surface area (Å²) in [5.41, 5.74) is 0. The van der Waals surface area contributed by atoms with Crippen LogP contribution in [0.2, 0.25) is 0 Å². The van der Waals surface area contributed by atoms with Crippen molar-refractivity contribution < 1.29 is 0 Å². The molecule has 0 aromatic rings. The van der Waals surface area contributed by atoms with Crippen LogP contribution in [0.1, 0.15) is 200 Å². The Hall–Kier alpha value is -0.520. The molecule has 0 amide bonds. The van der Waals surface area contributed by atoms with E-state index in [4.69, 9.17) is 0 Å². The van der Waals surface area contributed by atoms with Crippen molar-refractivity contribution in [3.05, 3.63) is 24.3 Å². The second-order valence-electron chi connectivity index (χ2n) is 11.2. The van der Waals surface area contributed by atoms with Crippen LogP contribution >= 0.6 is 0 Å². The summed E-state index contributed by atoms with van der Waals surface area (Å²) in [7, 11) is 0. The molecule has 0 atom stereocenters. The monoisotopic (exact) mass is 489 g/mol. The third-order valence-corrected chi connectivity index (χ3v) is 7.52. The number of allylic oxidation sites excluding steroid dienone is 4. The second kappa shape index (κ2) is 33.5. The first-order valence-electron chi connectivity index (χ1n) is 16.7. The summed E-state index contributed by atoms with van der Waals surface area (Å²) in [4.78, 5) is 0. The van der Waals surface area contributed by atoms with Gasteiger partial charge in [-0.25, -0.2) is 0 Å². The van der Waals surface area contributed by atoms with E-state index in [1.54, 1.807) is 0 Å².